The lowest BCUT2D eigenvalue weighted by Gasteiger charge is -2.22. The van der Waals surface area contributed by atoms with Crippen LogP contribution in [-0.4, -0.2) is 29.4 Å². The molecule has 1 heterocycles. The van der Waals surface area contributed by atoms with Gasteiger partial charge in [0.2, 0.25) is 0 Å². The maximum atomic E-state index is 4.47. The van der Waals surface area contributed by atoms with Gasteiger partial charge in [-0.2, -0.15) is 5.10 Å². The predicted molar refractivity (Wildman–Crippen MR) is 68.9 cm³/mol. The summed E-state index contributed by atoms with van der Waals surface area (Å²) in [4.78, 5) is 2.11. The van der Waals surface area contributed by atoms with Crippen molar-refractivity contribution in [3.8, 4) is 0 Å². The van der Waals surface area contributed by atoms with Crippen molar-refractivity contribution in [3.05, 3.63) is 11.3 Å². The molecule has 0 saturated heterocycles. The number of nitrogens with zero attached hydrogens (tertiary/aromatic N) is 3. The number of hydrogen-bond donors (Lipinski definition) is 1. The summed E-state index contributed by atoms with van der Waals surface area (Å²) in [5, 5.41) is 7.98. The Kier molecular flexibility index (Phi) is 3.63. The molecule has 0 atom stereocenters. The minimum absolute atomic E-state index is 0.131. The first-order valence-electron chi connectivity index (χ1n) is 5.67. The van der Waals surface area contributed by atoms with Crippen LogP contribution >= 0.6 is 0 Å². The Morgan fingerprint density at radius 1 is 1.31 bits per heavy atom. The van der Waals surface area contributed by atoms with Crippen molar-refractivity contribution in [2.24, 2.45) is 7.05 Å². The summed E-state index contributed by atoms with van der Waals surface area (Å²) < 4.78 is 1.94. The average molecular weight is 224 g/mol. The van der Waals surface area contributed by atoms with Crippen LogP contribution < -0.4 is 10.2 Å². The standard InChI is InChI=1S/C12H24N4/c1-9-10(8-13-12(2,3)4)11(15(5)6)16(7)14-9/h13H,8H2,1-7H3. The third-order valence-electron chi connectivity index (χ3n) is 2.53. The fourth-order valence-corrected chi connectivity index (χ4v) is 1.81. The molecule has 1 aromatic heterocycles. The normalized spacial score (nSPS) is 11.9. The molecular weight excluding hydrogens is 200 g/mol. The largest absolute Gasteiger partial charge is 0.363 e. The summed E-state index contributed by atoms with van der Waals surface area (Å²) in [6.07, 6.45) is 0. The second-order valence-electron chi connectivity index (χ2n) is 5.51. The van der Waals surface area contributed by atoms with E-state index in [-0.39, 0.29) is 5.54 Å². The van der Waals surface area contributed by atoms with Gasteiger partial charge in [-0.3, -0.25) is 4.68 Å². The van der Waals surface area contributed by atoms with E-state index in [4.69, 9.17) is 0 Å². The minimum atomic E-state index is 0.131. The van der Waals surface area contributed by atoms with Crippen molar-refractivity contribution < 1.29 is 0 Å². The Hall–Kier alpha value is -1.03. The highest BCUT2D eigenvalue weighted by atomic mass is 15.4. The maximum Gasteiger partial charge on any atom is 0.130 e. The first-order valence-corrected chi connectivity index (χ1v) is 5.67. The number of aromatic nitrogens is 2. The molecule has 0 spiro atoms. The summed E-state index contributed by atoms with van der Waals surface area (Å²) in [7, 11) is 6.09. The van der Waals surface area contributed by atoms with Crippen LogP contribution in [0.4, 0.5) is 5.82 Å². The Morgan fingerprint density at radius 2 is 1.88 bits per heavy atom. The summed E-state index contributed by atoms with van der Waals surface area (Å²) in [5.74, 6) is 1.18. The van der Waals surface area contributed by atoms with Gasteiger partial charge < -0.3 is 10.2 Å². The van der Waals surface area contributed by atoms with Gasteiger partial charge in [-0.15, -0.1) is 0 Å². The van der Waals surface area contributed by atoms with Crippen LogP contribution in [0.2, 0.25) is 0 Å². The van der Waals surface area contributed by atoms with Crippen molar-refractivity contribution in [2.75, 3.05) is 19.0 Å². The highest BCUT2D eigenvalue weighted by molar-refractivity contribution is 5.48. The molecule has 0 saturated carbocycles. The number of nitrogens with one attached hydrogen (secondary N) is 1. The second kappa shape index (κ2) is 4.45. The van der Waals surface area contributed by atoms with E-state index in [0.29, 0.717) is 0 Å². The summed E-state index contributed by atoms with van der Waals surface area (Å²) in [6, 6.07) is 0. The van der Waals surface area contributed by atoms with Gasteiger partial charge in [0.25, 0.3) is 0 Å². The first-order chi connectivity index (χ1) is 7.22. The van der Waals surface area contributed by atoms with Crippen LogP contribution in [0.3, 0.4) is 0 Å². The van der Waals surface area contributed by atoms with E-state index in [1.165, 1.54) is 11.4 Å². The third kappa shape index (κ3) is 2.98. The molecule has 16 heavy (non-hydrogen) atoms. The van der Waals surface area contributed by atoms with Gasteiger partial charge in [-0.05, 0) is 27.7 Å². The molecule has 1 N–H and O–H groups in total. The van der Waals surface area contributed by atoms with Gasteiger partial charge in [0.05, 0.1) is 5.69 Å². The Labute approximate surface area is 98.6 Å². The summed E-state index contributed by atoms with van der Waals surface area (Å²) >= 11 is 0. The zero-order valence-electron chi connectivity index (χ0n) is 11.5. The lowest BCUT2D eigenvalue weighted by atomic mass is 10.1. The van der Waals surface area contributed by atoms with E-state index < -0.39 is 0 Å². The molecule has 0 radical (unpaired) electrons. The Balaban J connectivity index is 2.94. The van der Waals surface area contributed by atoms with Crippen molar-refractivity contribution >= 4 is 5.82 Å². The molecule has 4 nitrogen and oxygen atoms in total. The Bertz CT molecular complexity index is 358. The number of rotatable bonds is 3. The van der Waals surface area contributed by atoms with Crippen molar-refractivity contribution in [3.63, 3.8) is 0 Å². The maximum absolute atomic E-state index is 4.47. The third-order valence-corrected chi connectivity index (χ3v) is 2.53. The second-order valence-corrected chi connectivity index (χ2v) is 5.51. The molecule has 1 rings (SSSR count). The number of hydrogen-bond acceptors (Lipinski definition) is 3. The van der Waals surface area contributed by atoms with Gasteiger partial charge >= 0.3 is 0 Å². The molecule has 0 amide bonds. The molecule has 0 aliphatic heterocycles. The highest BCUT2D eigenvalue weighted by Crippen LogP contribution is 2.21. The van der Waals surface area contributed by atoms with E-state index in [1.54, 1.807) is 0 Å². The van der Waals surface area contributed by atoms with Gasteiger partial charge in [0, 0.05) is 38.8 Å². The van der Waals surface area contributed by atoms with Gasteiger partial charge in [0.1, 0.15) is 5.82 Å². The fraction of sp³-hybridized carbons (Fsp3) is 0.750. The minimum Gasteiger partial charge on any atom is -0.363 e. The molecule has 4 heteroatoms. The number of anilines is 1. The fourth-order valence-electron chi connectivity index (χ4n) is 1.81. The molecule has 0 aliphatic rings. The molecule has 0 aromatic carbocycles. The van der Waals surface area contributed by atoms with E-state index in [9.17, 15) is 0 Å². The van der Waals surface area contributed by atoms with Crippen LogP contribution in [0, 0.1) is 6.92 Å². The summed E-state index contributed by atoms with van der Waals surface area (Å²) in [5.41, 5.74) is 2.51. The highest BCUT2D eigenvalue weighted by Gasteiger charge is 2.17. The molecule has 92 valence electrons. The van der Waals surface area contributed by atoms with Gasteiger partial charge in [-0.1, -0.05) is 0 Å². The van der Waals surface area contributed by atoms with Crippen LogP contribution in [0.25, 0.3) is 0 Å². The molecule has 0 unspecified atom stereocenters. The molecule has 0 aliphatic carbocycles. The summed E-state index contributed by atoms with van der Waals surface area (Å²) in [6.45, 7) is 9.44. The predicted octanol–water partition coefficient (Wildman–Crippen LogP) is 1.68. The van der Waals surface area contributed by atoms with E-state index in [0.717, 1.165) is 12.2 Å². The van der Waals surface area contributed by atoms with E-state index in [1.807, 2.05) is 11.7 Å². The monoisotopic (exact) mass is 224 g/mol. The van der Waals surface area contributed by atoms with E-state index in [2.05, 4.69) is 57.1 Å². The molecule has 0 fully saturated rings. The van der Waals surface area contributed by atoms with Crippen LogP contribution in [0.5, 0.6) is 0 Å². The van der Waals surface area contributed by atoms with Crippen LogP contribution in [0.15, 0.2) is 0 Å². The van der Waals surface area contributed by atoms with E-state index >= 15 is 0 Å². The van der Waals surface area contributed by atoms with Crippen molar-refractivity contribution in [1.82, 2.24) is 15.1 Å². The smallest absolute Gasteiger partial charge is 0.130 e. The van der Waals surface area contributed by atoms with Crippen LogP contribution in [-0.2, 0) is 13.6 Å². The van der Waals surface area contributed by atoms with Gasteiger partial charge in [0.15, 0.2) is 0 Å². The average Bonchev–Trinajstić information content (AvgIpc) is 2.35. The Morgan fingerprint density at radius 3 is 2.31 bits per heavy atom. The van der Waals surface area contributed by atoms with Crippen LogP contribution in [0.1, 0.15) is 32.0 Å². The lowest BCUT2D eigenvalue weighted by Crippen LogP contribution is -2.35. The molecule has 0 bridgehead atoms. The van der Waals surface area contributed by atoms with Crippen molar-refractivity contribution in [1.29, 1.82) is 0 Å². The zero-order valence-corrected chi connectivity index (χ0v) is 11.5. The molecule has 1 aromatic rings. The first kappa shape index (κ1) is 13.0. The molecular formula is C12H24N4. The number of aryl methyl sites for hydroxylation is 2. The zero-order chi connectivity index (χ0) is 12.5. The quantitative estimate of drug-likeness (QED) is 0.848. The van der Waals surface area contributed by atoms with Gasteiger partial charge in [-0.25, -0.2) is 0 Å². The topological polar surface area (TPSA) is 33.1 Å². The van der Waals surface area contributed by atoms with Crippen molar-refractivity contribution in [2.45, 2.75) is 39.8 Å². The lowest BCUT2D eigenvalue weighted by molar-refractivity contribution is 0.424. The SMILES string of the molecule is Cc1nn(C)c(N(C)C)c1CNC(C)(C)C.